The van der Waals surface area contributed by atoms with Crippen molar-refractivity contribution in [1.29, 1.82) is 0 Å². The quantitative estimate of drug-likeness (QED) is 0.111. The van der Waals surface area contributed by atoms with Gasteiger partial charge in [0.2, 0.25) is 10.0 Å². The van der Waals surface area contributed by atoms with Crippen LogP contribution in [-0.2, 0) is 30.8 Å². The monoisotopic (exact) mass is 522 g/mol. The van der Waals surface area contributed by atoms with E-state index in [9.17, 15) is 22.8 Å². The Labute approximate surface area is 209 Å². The van der Waals surface area contributed by atoms with Crippen molar-refractivity contribution in [2.75, 3.05) is 20.8 Å². The molecule has 13 heteroatoms. The lowest BCUT2D eigenvalue weighted by atomic mass is 10.1. The summed E-state index contributed by atoms with van der Waals surface area (Å²) < 4.78 is 37.3. The smallest absolute Gasteiger partial charge is 0.328 e. The number of carbonyl (C=O) groups excluding carboxylic acids is 3. The molecular weight excluding hydrogens is 492 g/mol. The average molecular weight is 523 g/mol. The number of sulfonamides is 1. The Hall–Kier alpha value is -3.68. The highest BCUT2D eigenvalue weighted by molar-refractivity contribution is 7.89. The summed E-state index contributed by atoms with van der Waals surface area (Å²) in [5.74, 6) is -1.10. The number of rotatable bonds is 13. The third-order valence-corrected chi connectivity index (χ3v) is 6.61. The number of hydrogen-bond donors (Lipinski definition) is 5. The van der Waals surface area contributed by atoms with Crippen LogP contribution in [0.2, 0.25) is 0 Å². The molecule has 2 aromatic rings. The summed E-state index contributed by atoms with van der Waals surface area (Å²) in [4.78, 5) is 36.3. The standard InChI is InChI=1S/C23H30N4O8S/c1-34-17-10-12-18(13-11-17)36(32,33)27-19(21(28)26-31)9-6-14-24-23(30)25-20(22(29)35-2)15-16-7-4-3-5-8-16/h3-5,7-8,10-13,19-20,27,31H,6,9,14-15H2,1-2H3,(H,26,28)(H2,24,25,30)/t19-,20+/m1/s1. The number of nitrogens with one attached hydrogen (secondary N) is 4. The molecule has 2 aromatic carbocycles. The number of hydrogen-bond acceptors (Lipinski definition) is 8. The summed E-state index contributed by atoms with van der Waals surface area (Å²) >= 11 is 0. The lowest BCUT2D eigenvalue weighted by Crippen LogP contribution is -2.48. The predicted molar refractivity (Wildman–Crippen MR) is 129 cm³/mol. The molecule has 0 bridgehead atoms. The molecule has 0 heterocycles. The molecule has 12 nitrogen and oxygen atoms in total. The van der Waals surface area contributed by atoms with Crippen LogP contribution in [0.3, 0.4) is 0 Å². The summed E-state index contributed by atoms with van der Waals surface area (Å²) in [6.45, 7) is 0.0601. The molecule has 0 radical (unpaired) electrons. The van der Waals surface area contributed by atoms with E-state index in [2.05, 4.69) is 15.4 Å². The van der Waals surface area contributed by atoms with Gasteiger partial charge in [0, 0.05) is 13.0 Å². The second-order valence-electron chi connectivity index (χ2n) is 7.63. The third kappa shape index (κ3) is 8.83. The Morgan fingerprint density at radius 3 is 2.22 bits per heavy atom. The second kappa shape index (κ2) is 14.0. The number of ether oxygens (including phenoxy) is 2. The van der Waals surface area contributed by atoms with Crippen LogP contribution < -0.4 is 25.6 Å². The molecule has 0 unspecified atom stereocenters. The minimum absolute atomic E-state index is 0.0352. The Bertz CT molecular complexity index is 1110. The molecule has 0 fully saturated rings. The number of carbonyl (C=O) groups is 3. The predicted octanol–water partition coefficient (Wildman–Crippen LogP) is 0.711. The van der Waals surface area contributed by atoms with E-state index in [1.165, 1.54) is 44.0 Å². The first-order valence-corrected chi connectivity index (χ1v) is 12.4. The van der Waals surface area contributed by atoms with Crippen molar-refractivity contribution in [3.63, 3.8) is 0 Å². The maximum atomic E-state index is 12.6. The van der Waals surface area contributed by atoms with Crippen molar-refractivity contribution in [3.8, 4) is 5.75 Å². The van der Waals surface area contributed by atoms with Crippen molar-refractivity contribution >= 4 is 27.9 Å². The third-order valence-electron chi connectivity index (χ3n) is 5.12. The van der Waals surface area contributed by atoms with Crippen LogP contribution >= 0.6 is 0 Å². The van der Waals surface area contributed by atoms with Crippen LogP contribution in [0.4, 0.5) is 4.79 Å². The van der Waals surface area contributed by atoms with E-state index in [0.29, 0.717) is 5.75 Å². The van der Waals surface area contributed by atoms with Crippen LogP contribution in [-0.4, -0.2) is 64.4 Å². The Morgan fingerprint density at radius 2 is 1.64 bits per heavy atom. The van der Waals surface area contributed by atoms with E-state index in [4.69, 9.17) is 14.7 Å². The van der Waals surface area contributed by atoms with Crippen molar-refractivity contribution in [1.82, 2.24) is 20.8 Å². The fourth-order valence-corrected chi connectivity index (χ4v) is 4.46. The van der Waals surface area contributed by atoms with Crippen LogP contribution in [0.5, 0.6) is 5.75 Å². The number of methoxy groups -OCH3 is 2. The average Bonchev–Trinajstić information content (AvgIpc) is 2.89. The summed E-state index contributed by atoms with van der Waals surface area (Å²) in [5.41, 5.74) is 2.27. The zero-order valence-corrected chi connectivity index (χ0v) is 20.7. The fourth-order valence-electron chi connectivity index (χ4n) is 3.23. The summed E-state index contributed by atoms with van der Waals surface area (Å²) in [6.07, 6.45) is 0.373. The van der Waals surface area contributed by atoms with Crippen LogP contribution in [0.25, 0.3) is 0 Å². The molecule has 2 rings (SSSR count). The van der Waals surface area contributed by atoms with Gasteiger partial charge in [-0.05, 0) is 42.7 Å². The van der Waals surface area contributed by atoms with Gasteiger partial charge in [-0.25, -0.2) is 23.5 Å². The molecule has 0 aliphatic carbocycles. The minimum Gasteiger partial charge on any atom is -0.497 e. The van der Waals surface area contributed by atoms with Gasteiger partial charge in [-0.15, -0.1) is 0 Å². The normalized spacial score (nSPS) is 12.6. The molecule has 36 heavy (non-hydrogen) atoms. The number of benzene rings is 2. The van der Waals surface area contributed by atoms with E-state index in [0.717, 1.165) is 5.56 Å². The Morgan fingerprint density at radius 1 is 0.972 bits per heavy atom. The SMILES string of the molecule is COC(=O)[C@H](Cc1ccccc1)NC(=O)NCCC[C@@H](NS(=O)(=O)c1ccc(OC)cc1)C(=O)NO. The van der Waals surface area contributed by atoms with Gasteiger partial charge in [0.15, 0.2) is 0 Å². The van der Waals surface area contributed by atoms with Gasteiger partial charge in [0.05, 0.1) is 19.1 Å². The van der Waals surface area contributed by atoms with Gasteiger partial charge < -0.3 is 20.1 Å². The molecule has 2 atom stereocenters. The van der Waals surface area contributed by atoms with Gasteiger partial charge in [0.25, 0.3) is 5.91 Å². The topological polar surface area (TPSA) is 172 Å². The molecule has 0 aliphatic rings. The molecule has 196 valence electrons. The van der Waals surface area contributed by atoms with Crippen LogP contribution in [0, 0.1) is 0 Å². The van der Waals surface area contributed by atoms with Crippen molar-refractivity contribution < 1.29 is 37.5 Å². The number of esters is 1. The Kier molecular flexibility index (Phi) is 11.1. The van der Waals surface area contributed by atoms with Gasteiger partial charge in [-0.2, -0.15) is 4.72 Å². The first kappa shape index (κ1) is 28.6. The van der Waals surface area contributed by atoms with Crippen LogP contribution in [0.1, 0.15) is 18.4 Å². The van der Waals surface area contributed by atoms with E-state index >= 15 is 0 Å². The number of amides is 3. The maximum absolute atomic E-state index is 12.6. The first-order chi connectivity index (χ1) is 17.2. The zero-order chi connectivity index (χ0) is 26.6. The zero-order valence-electron chi connectivity index (χ0n) is 19.9. The number of urea groups is 1. The Balaban J connectivity index is 1.90. The van der Waals surface area contributed by atoms with Crippen molar-refractivity contribution in [3.05, 3.63) is 60.2 Å². The molecule has 0 saturated heterocycles. The largest absolute Gasteiger partial charge is 0.497 e. The van der Waals surface area contributed by atoms with Gasteiger partial charge >= 0.3 is 12.0 Å². The maximum Gasteiger partial charge on any atom is 0.328 e. The highest BCUT2D eigenvalue weighted by atomic mass is 32.2. The van der Waals surface area contributed by atoms with Crippen molar-refractivity contribution in [2.45, 2.75) is 36.2 Å². The molecule has 0 aromatic heterocycles. The minimum atomic E-state index is -4.08. The lowest BCUT2D eigenvalue weighted by Gasteiger charge is -2.18. The molecule has 0 saturated carbocycles. The summed E-state index contributed by atoms with van der Waals surface area (Å²) in [6, 6.07) is 11.8. The van der Waals surface area contributed by atoms with Crippen LogP contribution in [0.15, 0.2) is 59.5 Å². The molecular formula is C23H30N4O8S. The highest BCUT2D eigenvalue weighted by Gasteiger charge is 2.26. The van der Waals surface area contributed by atoms with Gasteiger partial charge in [-0.1, -0.05) is 30.3 Å². The van der Waals surface area contributed by atoms with E-state index in [-0.39, 0.29) is 30.7 Å². The second-order valence-corrected chi connectivity index (χ2v) is 9.35. The van der Waals surface area contributed by atoms with E-state index in [1.807, 2.05) is 30.3 Å². The van der Waals surface area contributed by atoms with E-state index < -0.39 is 40.0 Å². The molecule has 3 amide bonds. The van der Waals surface area contributed by atoms with Gasteiger partial charge in [0.1, 0.15) is 17.8 Å². The molecule has 0 spiro atoms. The highest BCUT2D eigenvalue weighted by Crippen LogP contribution is 2.16. The fraction of sp³-hybridized carbons (Fsp3) is 0.348. The number of hydroxylamine groups is 1. The van der Waals surface area contributed by atoms with Crippen molar-refractivity contribution in [2.24, 2.45) is 0 Å². The first-order valence-electron chi connectivity index (χ1n) is 11.0. The van der Waals surface area contributed by atoms with E-state index in [1.54, 1.807) is 0 Å². The van der Waals surface area contributed by atoms with Gasteiger partial charge in [-0.3, -0.25) is 10.0 Å². The molecule has 5 N–H and O–H groups in total. The summed E-state index contributed by atoms with van der Waals surface area (Å²) in [5, 5.41) is 14.1. The molecule has 0 aliphatic heterocycles. The lowest BCUT2D eigenvalue weighted by molar-refractivity contribution is -0.142. The summed E-state index contributed by atoms with van der Waals surface area (Å²) in [7, 11) is -1.42.